The lowest BCUT2D eigenvalue weighted by atomic mass is 9.97. The molecule has 0 spiro atoms. The molecule has 0 aliphatic carbocycles. The van der Waals surface area contributed by atoms with Gasteiger partial charge in [0, 0.05) is 18.6 Å². The molecule has 0 aromatic carbocycles. The first-order valence-electron chi connectivity index (χ1n) is 7.17. The van der Waals surface area contributed by atoms with Gasteiger partial charge in [-0.05, 0) is 43.8 Å². The summed E-state index contributed by atoms with van der Waals surface area (Å²) in [5.41, 5.74) is 1.45. The van der Waals surface area contributed by atoms with E-state index < -0.39 is 0 Å². The van der Waals surface area contributed by atoms with Crippen molar-refractivity contribution in [3.05, 3.63) is 11.6 Å². The first-order valence-corrected chi connectivity index (χ1v) is 7.54. The van der Waals surface area contributed by atoms with E-state index in [-0.39, 0.29) is 5.28 Å². The third-order valence-electron chi connectivity index (χ3n) is 4.42. The largest absolute Gasteiger partial charge is 0.365 e. The van der Waals surface area contributed by atoms with E-state index in [0.717, 1.165) is 23.8 Å². The van der Waals surface area contributed by atoms with E-state index in [4.69, 9.17) is 11.6 Å². The molecule has 106 valence electrons. The van der Waals surface area contributed by atoms with Crippen LogP contribution in [-0.2, 0) is 0 Å². The minimum atomic E-state index is 0.241. The highest BCUT2D eigenvalue weighted by Gasteiger charge is 2.32. The first-order chi connectivity index (χ1) is 9.79. The number of aromatic nitrogens is 4. The molecule has 2 aromatic rings. The molecule has 4 heterocycles. The van der Waals surface area contributed by atoms with Crippen LogP contribution in [0.15, 0.2) is 6.33 Å². The third-order valence-corrected chi connectivity index (χ3v) is 4.59. The fourth-order valence-electron chi connectivity index (χ4n) is 3.46. The molecule has 4 rings (SSSR count). The van der Waals surface area contributed by atoms with Crippen LogP contribution in [0, 0.1) is 0 Å². The van der Waals surface area contributed by atoms with Crippen LogP contribution in [0.5, 0.6) is 0 Å². The number of aromatic amines is 1. The fourth-order valence-corrected chi connectivity index (χ4v) is 3.62. The van der Waals surface area contributed by atoms with E-state index in [2.05, 4.69) is 30.2 Å². The summed E-state index contributed by atoms with van der Waals surface area (Å²) >= 11 is 5.96. The van der Waals surface area contributed by atoms with Crippen LogP contribution >= 0.6 is 11.6 Å². The van der Waals surface area contributed by atoms with Crippen molar-refractivity contribution in [3.63, 3.8) is 0 Å². The zero-order chi connectivity index (χ0) is 13.5. The molecule has 0 saturated carbocycles. The lowest BCUT2D eigenvalue weighted by Crippen LogP contribution is -2.42. The number of H-pyrrole nitrogens is 1. The summed E-state index contributed by atoms with van der Waals surface area (Å²) in [5.74, 6) is 0.772. The van der Waals surface area contributed by atoms with Gasteiger partial charge in [0.05, 0.1) is 6.33 Å². The van der Waals surface area contributed by atoms with Crippen LogP contribution in [0.4, 0.5) is 5.82 Å². The van der Waals surface area contributed by atoms with Crippen LogP contribution in [0.2, 0.25) is 5.28 Å². The number of anilines is 1. The summed E-state index contributed by atoms with van der Waals surface area (Å²) in [6.45, 7) is 2.44. The van der Waals surface area contributed by atoms with Gasteiger partial charge in [-0.15, -0.1) is 0 Å². The normalized spacial score (nSPS) is 26.9. The number of piperidine rings is 1. The fraction of sp³-hybridized carbons (Fsp3) is 0.615. The molecule has 2 atom stereocenters. The average molecular weight is 293 g/mol. The van der Waals surface area contributed by atoms with Crippen LogP contribution in [0.25, 0.3) is 11.2 Å². The Morgan fingerprint density at radius 2 is 2.25 bits per heavy atom. The van der Waals surface area contributed by atoms with Gasteiger partial charge in [-0.25, -0.2) is 4.98 Å². The molecular weight excluding hydrogens is 276 g/mol. The maximum atomic E-state index is 5.96. The Hall–Kier alpha value is -1.40. The van der Waals surface area contributed by atoms with Crippen LogP contribution in [0.3, 0.4) is 0 Å². The lowest BCUT2D eigenvalue weighted by molar-refractivity contribution is 0.188. The SMILES string of the molecule is Clc1nc(NC2CCN3CCCC3C2)c2[nH]cnc2n1. The van der Waals surface area contributed by atoms with Crippen molar-refractivity contribution in [1.29, 1.82) is 0 Å². The molecule has 2 aromatic heterocycles. The van der Waals surface area contributed by atoms with Crippen molar-refractivity contribution >= 4 is 28.6 Å². The predicted octanol–water partition coefficient (Wildman–Crippen LogP) is 2.04. The van der Waals surface area contributed by atoms with Gasteiger partial charge in [0.15, 0.2) is 11.5 Å². The van der Waals surface area contributed by atoms with Crippen LogP contribution in [-0.4, -0.2) is 50.0 Å². The maximum Gasteiger partial charge on any atom is 0.226 e. The van der Waals surface area contributed by atoms with Crippen molar-refractivity contribution in [2.75, 3.05) is 18.4 Å². The monoisotopic (exact) mass is 292 g/mol. The average Bonchev–Trinajstić information content (AvgIpc) is 3.05. The molecule has 2 fully saturated rings. The summed E-state index contributed by atoms with van der Waals surface area (Å²) in [4.78, 5) is 18.3. The molecule has 2 N–H and O–H groups in total. The molecule has 6 nitrogen and oxygen atoms in total. The van der Waals surface area contributed by atoms with E-state index >= 15 is 0 Å². The Labute approximate surface area is 122 Å². The Morgan fingerprint density at radius 3 is 3.20 bits per heavy atom. The quantitative estimate of drug-likeness (QED) is 0.829. The number of imidazole rings is 1. The summed E-state index contributed by atoms with van der Waals surface area (Å²) < 4.78 is 0. The number of nitrogens with one attached hydrogen (secondary N) is 2. The van der Waals surface area contributed by atoms with Gasteiger partial charge in [-0.2, -0.15) is 9.97 Å². The molecule has 2 saturated heterocycles. The molecule has 2 aliphatic heterocycles. The van der Waals surface area contributed by atoms with E-state index in [9.17, 15) is 0 Å². The van der Waals surface area contributed by atoms with Gasteiger partial charge in [-0.1, -0.05) is 0 Å². The Balaban J connectivity index is 1.56. The zero-order valence-corrected chi connectivity index (χ0v) is 11.9. The van der Waals surface area contributed by atoms with Crippen LogP contribution < -0.4 is 5.32 Å². The molecule has 2 aliphatic rings. The molecule has 0 bridgehead atoms. The molecule has 0 radical (unpaired) electrons. The van der Waals surface area contributed by atoms with E-state index in [1.807, 2.05) is 0 Å². The van der Waals surface area contributed by atoms with Gasteiger partial charge in [0.2, 0.25) is 5.28 Å². The lowest BCUT2D eigenvalue weighted by Gasteiger charge is -2.35. The van der Waals surface area contributed by atoms with Crippen molar-refractivity contribution in [1.82, 2.24) is 24.8 Å². The second kappa shape index (κ2) is 4.86. The number of rotatable bonds is 2. The molecule has 20 heavy (non-hydrogen) atoms. The molecular formula is C13H17ClN6. The van der Waals surface area contributed by atoms with Gasteiger partial charge in [0.1, 0.15) is 5.52 Å². The number of halogens is 1. The Bertz CT molecular complexity index is 626. The van der Waals surface area contributed by atoms with E-state index in [1.54, 1.807) is 6.33 Å². The molecule has 2 unspecified atom stereocenters. The maximum absolute atomic E-state index is 5.96. The first kappa shape index (κ1) is 12.3. The van der Waals surface area contributed by atoms with E-state index in [1.165, 1.54) is 32.4 Å². The second-order valence-electron chi connectivity index (χ2n) is 5.64. The van der Waals surface area contributed by atoms with Crippen molar-refractivity contribution in [2.45, 2.75) is 37.8 Å². The number of fused-ring (bicyclic) bond motifs is 2. The predicted molar refractivity (Wildman–Crippen MR) is 77.9 cm³/mol. The zero-order valence-electron chi connectivity index (χ0n) is 11.1. The molecule has 0 amide bonds. The number of hydrogen-bond donors (Lipinski definition) is 2. The standard InChI is InChI=1S/C13H17ClN6/c14-13-18-11-10(15-7-16-11)12(19-13)17-8-3-5-20-4-1-2-9(20)6-8/h7-9H,1-6H2,(H2,15,16,17,18,19). The second-order valence-corrected chi connectivity index (χ2v) is 5.98. The van der Waals surface area contributed by atoms with Crippen LogP contribution in [0.1, 0.15) is 25.7 Å². The summed E-state index contributed by atoms with van der Waals surface area (Å²) in [6, 6.07) is 1.18. The van der Waals surface area contributed by atoms with Gasteiger partial charge < -0.3 is 15.2 Å². The van der Waals surface area contributed by atoms with Crippen molar-refractivity contribution in [2.24, 2.45) is 0 Å². The number of hydrogen-bond acceptors (Lipinski definition) is 5. The van der Waals surface area contributed by atoms with Crippen molar-refractivity contribution in [3.8, 4) is 0 Å². The van der Waals surface area contributed by atoms with Gasteiger partial charge >= 0.3 is 0 Å². The Morgan fingerprint density at radius 1 is 1.30 bits per heavy atom. The van der Waals surface area contributed by atoms with E-state index in [0.29, 0.717) is 11.7 Å². The van der Waals surface area contributed by atoms with Crippen molar-refractivity contribution < 1.29 is 0 Å². The summed E-state index contributed by atoms with van der Waals surface area (Å²) in [7, 11) is 0. The minimum Gasteiger partial charge on any atom is -0.365 e. The Kier molecular flexibility index (Phi) is 3.00. The number of nitrogens with zero attached hydrogens (tertiary/aromatic N) is 4. The van der Waals surface area contributed by atoms with Gasteiger partial charge in [0.25, 0.3) is 0 Å². The smallest absolute Gasteiger partial charge is 0.226 e. The summed E-state index contributed by atoms with van der Waals surface area (Å²) in [5, 5.41) is 3.77. The summed E-state index contributed by atoms with van der Waals surface area (Å²) in [6.07, 6.45) is 6.61. The van der Waals surface area contributed by atoms with Gasteiger partial charge in [-0.3, -0.25) is 0 Å². The topological polar surface area (TPSA) is 69.7 Å². The highest BCUT2D eigenvalue weighted by atomic mass is 35.5. The highest BCUT2D eigenvalue weighted by molar-refractivity contribution is 6.28. The minimum absolute atomic E-state index is 0.241. The third kappa shape index (κ3) is 2.13. The molecule has 7 heteroatoms. The highest BCUT2D eigenvalue weighted by Crippen LogP contribution is 2.29.